The van der Waals surface area contributed by atoms with Crippen molar-refractivity contribution in [3.8, 4) is 0 Å². The molecule has 0 aliphatic carbocycles. The average Bonchev–Trinajstić information content (AvgIpc) is 2.09. The summed E-state index contributed by atoms with van der Waals surface area (Å²) in [6.45, 7) is 5.80. The van der Waals surface area contributed by atoms with Crippen LogP contribution in [0.3, 0.4) is 0 Å². The Hall–Kier alpha value is -0.510. The van der Waals surface area contributed by atoms with Gasteiger partial charge in [0.05, 0.1) is 0 Å². The Morgan fingerprint density at radius 2 is 2.17 bits per heavy atom. The van der Waals surface area contributed by atoms with Crippen LogP contribution in [0.5, 0.6) is 0 Å². The molecule has 1 nitrogen and oxygen atoms in total. The van der Waals surface area contributed by atoms with E-state index in [1.807, 2.05) is 18.2 Å². The summed E-state index contributed by atoms with van der Waals surface area (Å²) in [5.74, 6) is 0. The van der Waals surface area contributed by atoms with Crippen molar-refractivity contribution >= 4 is 28.3 Å². The van der Waals surface area contributed by atoms with Crippen LogP contribution in [0.25, 0.3) is 0 Å². The van der Waals surface area contributed by atoms with Crippen LogP contribution in [0.4, 0.5) is 5.69 Å². The number of nitrogens with one attached hydrogen (secondary N) is 1. The Morgan fingerprint density at radius 1 is 1.50 bits per heavy atom. The zero-order chi connectivity index (χ0) is 8.97. The Labute approximate surface area is 87.0 Å². The van der Waals surface area contributed by atoms with E-state index in [2.05, 4.69) is 53.5 Å². The van der Waals surface area contributed by atoms with Crippen molar-refractivity contribution in [2.24, 2.45) is 0 Å². The maximum Gasteiger partial charge on any atom is 0.0480 e. The molecule has 1 aromatic rings. The van der Waals surface area contributed by atoms with E-state index in [0.717, 1.165) is 0 Å². The quantitative estimate of drug-likeness (QED) is 0.658. The van der Waals surface area contributed by atoms with Gasteiger partial charge in [0.2, 0.25) is 0 Å². The van der Waals surface area contributed by atoms with E-state index in [9.17, 15) is 0 Å². The van der Waals surface area contributed by atoms with E-state index in [-0.39, 0.29) is 0 Å². The first-order chi connectivity index (χ1) is 5.74. The molecule has 1 N–H and O–H groups in total. The predicted molar refractivity (Wildman–Crippen MR) is 62.4 cm³/mol. The summed E-state index contributed by atoms with van der Waals surface area (Å²) in [6, 6.07) is 8.53. The lowest BCUT2D eigenvalue weighted by molar-refractivity contribution is 0.999. The molecule has 1 rings (SSSR count). The lowest BCUT2D eigenvalue weighted by atomic mass is 10.2. The molecule has 0 fully saturated rings. The summed E-state index contributed by atoms with van der Waals surface area (Å²) < 4.78 is 1.24. The van der Waals surface area contributed by atoms with E-state index in [1.54, 1.807) is 0 Å². The standard InChI is InChI=1S/C10H12IN/c1-3-8(2)12-10-7-5-4-6-9(10)11/h3-8,12H,1H2,2H3. The van der Waals surface area contributed by atoms with E-state index in [0.29, 0.717) is 6.04 Å². The van der Waals surface area contributed by atoms with Crippen LogP contribution in [0, 0.1) is 3.57 Å². The highest BCUT2D eigenvalue weighted by atomic mass is 127. The van der Waals surface area contributed by atoms with Crippen LogP contribution in [0.1, 0.15) is 6.92 Å². The Kier molecular flexibility index (Phi) is 3.59. The van der Waals surface area contributed by atoms with Crippen LogP contribution in [-0.2, 0) is 0 Å². The minimum absolute atomic E-state index is 0.320. The number of hydrogen-bond donors (Lipinski definition) is 1. The second-order valence-electron chi connectivity index (χ2n) is 2.65. The first-order valence-corrected chi connectivity index (χ1v) is 4.95. The van der Waals surface area contributed by atoms with Crippen LogP contribution in [0.15, 0.2) is 36.9 Å². The molecule has 0 aromatic heterocycles. The summed E-state index contributed by atoms with van der Waals surface area (Å²) in [6.07, 6.45) is 1.89. The molecule has 0 saturated heterocycles. The zero-order valence-electron chi connectivity index (χ0n) is 7.05. The molecule has 12 heavy (non-hydrogen) atoms. The van der Waals surface area contributed by atoms with Gasteiger partial charge in [-0.15, -0.1) is 6.58 Å². The number of rotatable bonds is 3. The monoisotopic (exact) mass is 273 g/mol. The number of para-hydroxylation sites is 1. The number of benzene rings is 1. The molecule has 0 radical (unpaired) electrons. The lowest BCUT2D eigenvalue weighted by Crippen LogP contribution is -2.11. The third kappa shape index (κ3) is 2.52. The molecule has 0 saturated carbocycles. The minimum atomic E-state index is 0.320. The smallest absolute Gasteiger partial charge is 0.0480 e. The normalized spacial score (nSPS) is 12.2. The van der Waals surface area contributed by atoms with Crippen molar-refractivity contribution in [2.75, 3.05) is 5.32 Å². The summed E-state index contributed by atoms with van der Waals surface area (Å²) in [5.41, 5.74) is 1.17. The van der Waals surface area contributed by atoms with Crippen LogP contribution in [0.2, 0.25) is 0 Å². The van der Waals surface area contributed by atoms with Gasteiger partial charge in [-0.25, -0.2) is 0 Å². The van der Waals surface area contributed by atoms with Gasteiger partial charge in [-0.05, 0) is 41.6 Å². The van der Waals surface area contributed by atoms with E-state index in [1.165, 1.54) is 9.26 Å². The maximum absolute atomic E-state index is 3.72. The Balaban J connectivity index is 2.75. The fourth-order valence-corrected chi connectivity index (χ4v) is 1.43. The number of hydrogen-bond acceptors (Lipinski definition) is 1. The van der Waals surface area contributed by atoms with Crippen molar-refractivity contribution in [1.82, 2.24) is 0 Å². The zero-order valence-corrected chi connectivity index (χ0v) is 9.21. The summed E-state index contributed by atoms with van der Waals surface area (Å²) in [5, 5.41) is 3.33. The first kappa shape index (κ1) is 9.58. The lowest BCUT2D eigenvalue weighted by Gasteiger charge is -2.11. The molecule has 0 heterocycles. The van der Waals surface area contributed by atoms with Gasteiger partial charge in [0, 0.05) is 15.3 Å². The summed E-state index contributed by atoms with van der Waals surface area (Å²) >= 11 is 2.31. The molecule has 1 atom stereocenters. The molecule has 2 heteroatoms. The largest absolute Gasteiger partial charge is 0.378 e. The number of anilines is 1. The second-order valence-corrected chi connectivity index (χ2v) is 3.81. The van der Waals surface area contributed by atoms with Gasteiger partial charge in [-0.2, -0.15) is 0 Å². The molecule has 1 aromatic carbocycles. The molecule has 64 valence electrons. The SMILES string of the molecule is C=CC(C)Nc1ccccc1I. The molecule has 0 aliphatic heterocycles. The molecular formula is C10H12IN. The highest BCUT2D eigenvalue weighted by Gasteiger charge is 1.99. The van der Waals surface area contributed by atoms with Crippen LogP contribution < -0.4 is 5.32 Å². The molecule has 0 amide bonds. The predicted octanol–water partition coefficient (Wildman–Crippen LogP) is 3.28. The fraction of sp³-hybridized carbons (Fsp3) is 0.200. The van der Waals surface area contributed by atoms with Crippen LogP contribution >= 0.6 is 22.6 Å². The van der Waals surface area contributed by atoms with Gasteiger partial charge in [0.15, 0.2) is 0 Å². The van der Waals surface area contributed by atoms with Gasteiger partial charge in [0.1, 0.15) is 0 Å². The van der Waals surface area contributed by atoms with Gasteiger partial charge >= 0.3 is 0 Å². The maximum atomic E-state index is 3.72. The van der Waals surface area contributed by atoms with Gasteiger partial charge in [-0.1, -0.05) is 18.2 Å². The van der Waals surface area contributed by atoms with Gasteiger partial charge in [0.25, 0.3) is 0 Å². The second kappa shape index (κ2) is 4.50. The van der Waals surface area contributed by atoms with E-state index in [4.69, 9.17) is 0 Å². The molecule has 0 bridgehead atoms. The molecule has 1 unspecified atom stereocenters. The Bertz CT molecular complexity index is 270. The molecular weight excluding hydrogens is 261 g/mol. The van der Waals surface area contributed by atoms with Crippen molar-refractivity contribution in [2.45, 2.75) is 13.0 Å². The highest BCUT2D eigenvalue weighted by Crippen LogP contribution is 2.17. The van der Waals surface area contributed by atoms with E-state index >= 15 is 0 Å². The average molecular weight is 273 g/mol. The van der Waals surface area contributed by atoms with Crippen molar-refractivity contribution in [3.05, 3.63) is 40.5 Å². The topological polar surface area (TPSA) is 12.0 Å². The highest BCUT2D eigenvalue weighted by molar-refractivity contribution is 14.1. The number of halogens is 1. The minimum Gasteiger partial charge on any atom is -0.378 e. The third-order valence-corrected chi connectivity index (χ3v) is 2.55. The fourth-order valence-electron chi connectivity index (χ4n) is 0.882. The van der Waals surface area contributed by atoms with Gasteiger partial charge in [-0.3, -0.25) is 0 Å². The molecule has 0 spiro atoms. The van der Waals surface area contributed by atoms with Crippen LogP contribution in [-0.4, -0.2) is 6.04 Å². The van der Waals surface area contributed by atoms with Gasteiger partial charge < -0.3 is 5.32 Å². The van der Waals surface area contributed by atoms with Crippen molar-refractivity contribution in [3.63, 3.8) is 0 Å². The molecule has 0 aliphatic rings. The van der Waals surface area contributed by atoms with E-state index < -0.39 is 0 Å². The van der Waals surface area contributed by atoms with Crippen molar-refractivity contribution in [1.29, 1.82) is 0 Å². The first-order valence-electron chi connectivity index (χ1n) is 3.87. The summed E-state index contributed by atoms with van der Waals surface area (Å²) in [7, 11) is 0. The van der Waals surface area contributed by atoms with Crippen molar-refractivity contribution < 1.29 is 0 Å². The Morgan fingerprint density at radius 3 is 2.75 bits per heavy atom. The third-order valence-electron chi connectivity index (χ3n) is 1.61. The summed E-state index contributed by atoms with van der Waals surface area (Å²) in [4.78, 5) is 0.